The molecule has 0 radical (unpaired) electrons. The summed E-state index contributed by atoms with van der Waals surface area (Å²) in [5, 5.41) is 7.16. The molecule has 2 aliphatic heterocycles. The molecule has 3 heterocycles. The molecule has 1 amide bonds. The first-order valence-electron chi connectivity index (χ1n) is 9.62. The van der Waals surface area contributed by atoms with Gasteiger partial charge in [0.2, 0.25) is 5.91 Å². The van der Waals surface area contributed by atoms with Gasteiger partial charge in [-0.05, 0) is 59.0 Å². The third-order valence-electron chi connectivity index (χ3n) is 5.85. The molecule has 0 unspecified atom stereocenters. The number of rotatable bonds is 6. The van der Waals surface area contributed by atoms with Crippen molar-refractivity contribution in [2.75, 3.05) is 32.8 Å². The SMILES string of the molecule is Cc1noc(C)c1CCC(=O)NCC1(N2CCCCC2)CCOCC1. The largest absolute Gasteiger partial charge is 0.381 e. The molecule has 1 aromatic rings. The first kappa shape index (κ1) is 18.4. The molecule has 2 fully saturated rings. The fourth-order valence-electron chi connectivity index (χ4n) is 4.17. The fraction of sp³-hybridized carbons (Fsp3) is 0.789. The quantitative estimate of drug-likeness (QED) is 0.854. The normalized spacial score (nSPS) is 21.2. The lowest BCUT2D eigenvalue weighted by atomic mass is 9.86. The third-order valence-corrected chi connectivity index (χ3v) is 5.85. The van der Waals surface area contributed by atoms with Gasteiger partial charge in [-0.2, -0.15) is 0 Å². The molecule has 0 bridgehead atoms. The minimum Gasteiger partial charge on any atom is -0.381 e. The van der Waals surface area contributed by atoms with Gasteiger partial charge in [0, 0.05) is 37.3 Å². The minimum absolute atomic E-state index is 0.0807. The van der Waals surface area contributed by atoms with Gasteiger partial charge in [0.05, 0.1) is 5.69 Å². The minimum atomic E-state index is 0.0807. The number of ether oxygens (including phenoxy) is 1. The zero-order valence-electron chi connectivity index (χ0n) is 15.6. The van der Waals surface area contributed by atoms with Crippen LogP contribution in [0.5, 0.6) is 0 Å². The fourth-order valence-corrected chi connectivity index (χ4v) is 4.17. The summed E-state index contributed by atoms with van der Waals surface area (Å²) in [6.45, 7) is 8.45. The van der Waals surface area contributed by atoms with E-state index in [1.165, 1.54) is 19.3 Å². The highest BCUT2D eigenvalue weighted by Gasteiger charge is 2.39. The Bertz CT molecular complexity index is 553. The average molecular weight is 349 g/mol. The van der Waals surface area contributed by atoms with Crippen LogP contribution in [0.3, 0.4) is 0 Å². The highest BCUT2D eigenvalue weighted by atomic mass is 16.5. The van der Waals surface area contributed by atoms with Crippen molar-refractivity contribution < 1.29 is 14.1 Å². The highest BCUT2D eigenvalue weighted by Crippen LogP contribution is 2.30. The van der Waals surface area contributed by atoms with Crippen LogP contribution >= 0.6 is 0 Å². The monoisotopic (exact) mass is 349 g/mol. The molecule has 6 heteroatoms. The summed E-state index contributed by atoms with van der Waals surface area (Å²) in [5.74, 6) is 0.933. The lowest BCUT2D eigenvalue weighted by molar-refractivity contribution is -0.122. The van der Waals surface area contributed by atoms with Gasteiger partial charge in [0.1, 0.15) is 5.76 Å². The van der Waals surface area contributed by atoms with E-state index in [4.69, 9.17) is 9.26 Å². The maximum atomic E-state index is 12.4. The number of nitrogens with zero attached hydrogens (tertiary/aromatic N) is 2. The molecule has 0 spiro atoms. The second-order valence-electron chi connectivity index (χ2n) is 7.46. The van der Waals surface area contributed by atoms with Gasteiger partial charge < -0.3 is 14.6 Å². The summed E-state index contributed by atoms with van der Waals surface area (Å²) in [6, 6.07) is 0. The first-order valence-corrected chi connectivity index (χ1v) is 9.62. The molecule has 6 nitrogen and oxygen atoms in total. The van der Waals surface area contributed by atoms with Crippen molar-refractivity contribution in [3.05, 3.63) is 17.0 Å². The molecular formula is C19H31N3O3. The van der Waals surface area contributed by atoms with E-state index in [2.05, 4.69) is 15.4 Å². The number of nitrogens with one attached hydrogen (secondary N) is 1. The molecule has 0 atom stereocenters. The number of amides is 1. The van der Waals surface area contributed by atoms with Gasteiger partial charge in [-0.25, -0.2) is 0 Å². The molecule has 0 saturated carbocycles. The zero-order valence-corrected chi connectivity index (χ0v) is 15.6. The Kier molecular flexibility index (Phi) is 6.12. The zero-order chi connectivity index (χ0) is 17.7. The van der Waals surface area contributed by atoms with Gasteiger partial charge in [0.25, 0.3) is 0 Å². The van der Waals surface area contributed by atoms with Crippen molar-refractivity contribution in [3.63, 3.8) is 0 Å². The second-order valence-corrected chi connectivity index (χ2v) is 7.46. The topological polar surface area (TPSA) is 67.6 Å². The molecule has 0 aromatic carbocycles. The molecule has 0 aliphatic carbocycles. The van der Waals surface area contributed by atoms with E-state index in [0.29, 0.717) is 12.8 Å². The predicted molar refractivity (Wildman–Crippen MR) is 95.5 cm³/mol. The van der Waals surface area contributed by atoms with Crippen molar-refractivity contribution in [1.82, 2.24) is 15.4 Å². The summed E-state index contributed by atoms with van der Waals surface area (Å²) in [7, 11) is 0. The number of carbonyl (C=O) groups is 1. The van der Waals surface area contributed by atoms with Crippen LogP contribution in [0.4, 0.5) is 0 Å². The maximum Gasteiger partial charge on any atom is 0.220 e. The van der Waals surface area contributed by atoms with Crippen LogP contribution in [0.25, 0.3) is 0 Å². The van der Waals surface area contributed by atoms with Crippen LogP contribution in [0.2, 0.25) is 0 Å². The summed E-state index contributed by atoms with van der Waals surface area (Å²) in [4.78, 5) is 15.0. The van der Waals surface area contributed by atoms with Gasteiger partial charge in [-0.3, -0.25) is 9.69 Å². The summed E-state index contributed by atoms with van der Waals surface area (Å²) >= 11 is 0. The summed E-state index contributed by atoms with van der Waals surface area (Å²) in [5.41, 5.74) is 2.03. The van der Waals surface area contributed by atoms with Crippen LogP contribution in [-0.4, -0.2) is 54.4 Å². The van der Waals surface area contributed by atoms with Crippen LogP contribution in [0, 0.1) is 13.8 Å². The number of hydrogen-bond acceptors (Lipinski definition) is 5. The first-order chi connectivity index (χ1) is 12.1. The van der Waals surface area contributed by atoms with Crippen LogP contribution in [0.1, 0.15) is 55.5 Å². The Morgan fingerprint density at radius 2 is 1.92 bits per heavy atom. The number of aromatic nitrogens is 1. The molecular weight excluding hydrogens is 318 g/mol. The van der Waals surface area contributed by atoms with Gasteiger partial charge >= 0.3 is 0 Å². The second kappa shape index (κ2) is 8.32. The van der Waals surface area contributed by atoms with Gasteiger partial charge in [0.15, 0.2) is 0 Å². The Hall–Kier alpha value is -1.40. The lowest BCUT2D eigenvalue weighted by Crippen LogP contribution is -2.59. The van der Waals surface area contributed by atoms with Crippen molar-refractivity contribution in [1.29, 1.82) is 0 Å². The number of piperidine rings is 1. The van der Waals surface area contributed by atoms with Crippen LogP contribution in [-0.2, 0) is 16.0 Å². The maximum absolute atomic E-state index is 12.4. The molecule has 1 aromatic heterocycles. The van der Waals surface area contributed by atoms with E-state index < -0.39 is 0 Å². The predicted octanol–water partition coefficient (Wildman–Crippen LogP) is 2.38. The highest BCUT2D eigenvalue weighted by molar-refractivity contribution is 5.76. The van der Waals surface area contributed by atoms with E-state index in [1.54, 1.807) is 0 Å². The van der Waals surface area contributed by atoms with Crippen molar-refractivity contribution in [3.8, 4) is 0 Å². The molecule has 140 valence electrons. The Morgan fingerprint density at radius 3 is 2.56 bits per heavy atom. The number of hydrogen-bond donors (Lipinski definition) is 1. The van der Waals surface area contributed by atoms with Crippen LogP contribution < -0.4 is 5.32 Å². The average Bonchev–Trinajstić information content (AvgIpc) is 2.98. The standard InChI is InChI=1S/C19H31N3O3/c1-15-17(16(2)25-21-15)6-7-18(23)20-14-19(8-12-24-13-9-19)22-10-4-3-5-11-22/h3-14H2,1-2H3,(H,20,23). The van der Waals surface area contributed by atoms with Crippen molar-refractivity contribution in [2.45, 2.75) is 64.3 Å². The molecule has 3 rings (SSSR count). The smallest absolute Gasteiger partial charge is 0.220 e. The van der Waals surface area contributed by atoms with Gasteiger partial charge in [-0.1, -0.05) is 11.6 Å². The molecule has 25 heavy (non-hydrogen) atoms. The molecule has 2 aliphatic rings. The van der Waals surface area contributed by atoms with Crippen molar-refractivity contribution in [2.24, 2.45) is 0 Å². The van der Waals surface area contributed by atoms with E-state index in [1.807, 2.05) is 13.8 Å². The van der Waals surface area contributed by atoms with E-state index >= 15 is 0 Å². The third kappa shape index (κ3) is 4.42. The number of likely N-dealkylation sites (tertiary alicyclic amines) is 1. The Morgan fingerprint density at radius 1 is 1.20 bits per heavy atom. The van der Waals surface area contributed by atoms with Gasteiger partial charge in [-0.15, -0.1) is 0 Å². The molecule has 1 N–H and O–H groups in total. The van der Waals surface area contributed by atoms with E-state index in [0.717, 1.165) is 62.7 Å². The number of aryl methyl sites for hydroxylation is 2. The lowest BCUT2D eigenvalue weighted by Gasteiger charge is -2.48. The number of carbonyl (C=O) groups excluding carboxylic acids is 1. The Balaban J connectivity index is 1.54. The summed E-state index contributed by atoms with van der Waals surface area (Å²) in [6.07, 6.45) is 7.05. The Labute approximate surface area is 150 Å². The molecule has 2 saturated heterocycles. The van der Waals surface area contributed by atoms with E-state index in [-0.39, 0.29) is 11.4 Å². The van der Waals surface area contributed by atoms with Crippen LogP contribution in [0.15, 0.2) is 4.52 Å². The van der Waals surface area contributed by atoms with Crippen molar-refractivity contribution >= 4 is 5.91 Å². The van der Waals surface area contributed by atoms with E-state index in [9.17, 15) is 4.79 Å². The summed E-state index contributed by atoms with van der Waals surface area (Å²) < 4.78 is 10.8.